The molecule has 3 rings (SSSR count). The first-order valence-corrected chi connectivity index (χ1v) is 11.2. The van der Waals surface area contributed by atoms with Gasteiger partial charge in [-0.1, -0.05) is 17.8 Å². The molecule has 2 aromatic carbocycles. The molecule has 1 atom stereocenters. The van der Waals surface area contributed by atoms with Gasteiger partial charge in [0.05, 0.1) is 32.3 Å². The van der Waals surface area contributed by atoms with Crippen molar-refractivity contribution < 1.29 is 19.0 Å². The summed E-state index contributed by atoms with van der Waals surface area (Å²) in [4.78, 5) is 31.9. The van der Waals surface area contributed by atoms with Crippen LogP contribution in [-0.2, 0) is 11.2 Å². The van der Waals surface area contributed by atoms with Gasteiger partial charge in [-0.2, -0.15) is 0 Å². The third kappa shape index (κ3) is 6.52. The zero-order valence-electron chi connectivity index (χ0n) is 19.0. The van der Waals surface area contributed by atoms with Gasteiger partial charge in [0.15, 0.2) is 16.7 Å². The first kappa shape index (κ1) is 24.2. The number of benzene rings is 2. The molecule has 0 aliphatic heterocycles. The van der Waals surface area contributed by atoms with Crippen molar-refractivity contribution in [2.75, 3.05) is 27.9 Å². The summed E-state index contributed by atoms with van der Waals surface area (Å²) in [5.41, 5.74) is 2.06. The van der Waals surface area contributed by atoms with Gasteiger partial charge in [-0.15, -0.1) is 0 Å². The van der Waals surface area contributed by atoms with Gasteiger partial charge in [0.2, 0.25) is 5.91 Å². The molecule has 0 fully saturated rings. The van der Waals surface area contributed by atoms with Crippen molar-refractivity contribution in [1.29, 1.82) is 0 Å². The smallest absolute Gasteiger partial charge is 0.252 e. The number of hydrogen-bond donors (Lipinski definition) is 2. The minimum Gasteiger partial charge on any atom is -0.497 e. The van der Waals surface area contributed by atoms with Crippen LogP contribution < -0.4 is 25.1 Å². The number of carbonyl (C=O) groups is 1. The highest BCUT2D eigenvalue weighted by atomic mass is 32.2. The molecule has 174 valence electrons. The third-order valence-corrected chi connectivity index (χ3v) is 5.91. The summed E-state index contributed by atoms with van der Waals surface area (Å²) in [5, 5.41) is 2.87. The van der Waals surface area contributed by atoms with E-state index in [9.17, 15) is 9.59 Å². The molecule has 1 heterocycles. The second-order valence-corrected chi connectivity index (χ2v) is 8.48. The van der Waals surface area contributed by atoms with E-state index in [1.165, 1.54) is 17.8 Å². The summed E-state index contributed by atoms with van der Waals surface area (Å²) in [6, 6.07) is 14.4. The number of aromatic amines is 1. The van der Waals surface area contributed by atoms with Crippen LogP contribution in [0.4, 0.5) is 0 Å². The number of nitrogens with one attached hydrogen (secondary N) is 2. The summed E-state index contributed by atoms with van der Waals surface area (Å²) in [5.74, 6) is 1.89. The topological polar surface area (TPSA) is 103 Å². The van der Waals surface area contributed by atoms with Crippen LogP contribution in [0.25, 0.3) is 11.3 Å². The molecule has 0 saturated carbocycles. The lowest BCUT2D eigenvalue weighted by atomic mass is 10.1. The van der Waals surface area contributed by atoms with Crippen molar-refractivity contribution in [3.8, 4) is 28.5 Å². The molecule has 3 aromatic rings. The quantitative estimate of drug-likeness (QED) is 0.347. The maximum atomic E-state index is 12.6. The van der Waals surface area contributed by atoms with Crippen LogP contribution in [0.5, 0.6) is 17.2 Å². The Morgan fingerprint density at radius 1 is 1.03 bits per heavy atom. The largest absolute Gasteiger partial charge is 0.497 e. The summed E-state index contributed by atoms with van der Waals surface area (Å²) in [6.45, 7) is 2.24. The molecule has 9 heteroatoms. The minimum absolute atomic E-state index is 0.141. The molecule has 0 bridgehead atoms. The summed E-state index contributed by atoms with van der Waals surface area (Å²) in [6.07, 6.45) is 0.644. The Hall–Kier alpha value is -3.46. The van der Waals surface area contributed by atoms with Crippen molar-refractivity contribution in [1.82, 2.24) is 15.3 Å². The molecule has 8 nitrogen and oxygen atoms in total. The predicted octanol–water partition coefficient (Wildman–Crippen LogP) is 3.30. The van der Waals surface area contributed by atoms with Crippen LogP contribution in [-0.4, -0.2) is 49.0 Å². The van der Waals surface area contributed by atoms with E-state index in [0.29, 0.717) is 35.3 Å². The van der Waals surface area contributed by atoms with Gasteiger partial charge in [-0.05, 0) is 55.3 Å². The van der Waals surface area contributed by atoms with Gasteiger partial charge in [0.1, 0.15) is 5.75 Å². The number of carbonyl (C=O) groups excluding carboxylic acids is 1. The average molecular weight is 470 g/mol. The number of rotatable bonds is 10. The van der Waals surface area contributed by atoms with Crippen molar-refractivity contribution in [3.05, 3.63) is 64.4 Å². The van der Waals surface area contributed by atoms with E-state index in [1.807, 2.05) is 30.3 Å². The highest BCUT2D eigenvalue weighted by Crippen LogP contribution is 2.28. The summed E-state index contributed by atoms with van der Waals surface area (Å²) >= 11 is 1.20. The molecule has 1 aromatic heterocycles. The molecule has 0 radical (unpaired) electrons. The second-order valence-electron chi connectivity index (χ2n) is 7.15. The van der Waals surface area contributed by atoms with E-state index in [0.717, 1.165) is 16.9 Å². The van der Waals surface area contributed by atoms with E-state index in [-0.39, 0.29) is 11.5 Å². The molecule has 1 unspecified atom stereocenters. The monoisotopic (exact) mass is 469 g/mol. The number of nitrogens with zero attached hydrogens (tertiary/aromatic N) is 1. The normalized spacial score (nSPS) is 11.5. The molecular formula is C24H27N3O5S. The van der Waals surface area contributed by atoms with Gasteiger partial charge in [-0.3, -0.25) is 9.59 Å². The van der Waals surface area contributed by atoms with Crippen molar-refractivity contribution in [2.45, 2.75) is 23.8 Å². The lowest BCUT2D eigenvalue weighted by molar-refractivity contribution is -0.120. The molecule has 2 N–H and O–H groups in total. The number of H-pyrrole nitrogens is 1. The lowest BCUT2D eigenvalue weighted by Crippen LogP contribution is -2.32. The highest BCUT2D eigenvalue weighted by molar-refractivity contribution is 8.00. The Kier molecular flexibility index (Phi) is 8.37. The Morgan fingerprint density at radius 3 is 2.42 bits per heavy atom. The van der Waals surface area contributed by atoms with Crippen molar-refractivity contribution in [3.63, 3.8) is 0 Å². The zero-order chi connectivity index (χ0) is 23.8. The minimum atomic E-state index is -0.440. The molecule has 1 amide bonds. The Balaban J connectivity index is 1.59. The first-order valence-electron chi connectivity index (χ1n) is 10.3. The van der Waals surface area contributed by atoms with Crippen LogP contribution in [0.3, 0.4) is 0 Å². The standard InChI is InChI=1S/C24H27N3O5S/c1-15(23(29)25-12-11-16-5-10-20(31-3)21(13-16)32-4)33-24-26-19(14-22(28)27-24)17-6-8-18(30-2)9-7-17/h5-10,13-15H,11-12H2,1-4H3,(H,25,29)(H,26,27,28). The van der Waals surface area contributed by atoms with Gasteiger partial charge < -0.3 is 24.5 Å². The lowest BCUT2D eigenvalue weighted by Gasteiger charge is -2.13. The van der Waals surface area contributed by atoms with Gasteiger partial charge in [0.25, 0.3) is 5.56 Å². The first-order chi connectivity index (χ1) is 15.9. The van der Waals surface area contributed by atoms with Crippen LogP contribution in [0, 0.1) is 0 Å². The molecular weight excluding hydrogens is 442 g/mol. The fourth-order valence-corrected chi connectivity index (χ4v) is 3.97. The van der Waals surface area contributed by atoms with Crippen LogP contribution in [0.1, 0.15) is 12.5 Å². The van der Waals surface area contributed by atoms with Crippen LogP contribution in [0.15, 0.2) is 58.5 Å². The van der Waals surface area contributed by atoms with E-state index in [2.05, 4.69) is 15.3 Å². The van der Waals surface area contributed by atoms with Gasteiger partial charge >= 0.3 is 0 Å². The summed E-state index contributed by atoms with van der Waals surface area (Å²) in [7, 11) is 4.77. The van der Waals surface area contributed by atoms with Gasteiger partial charge in [-0.25, -0.2) is 4.98 Å². The van der Waals surface area contributed by atoms with Crippen LogP contribution in [0.2, 0.25) is 0 Å². The van der Waals surface area contributed by atoms with E-state index >= 15 is 0 Å². The number of ether oxygens (including phenoxy) is 3. The van der Waals surface area contributed by atoms with Crippen molar-refractivity contribution in [2.24, 2.45) is 0 Å². The highest BCUT2D eigenvalue weighted by Gasteiger charge is 2.16. The zero-order valence-corrected chi connectivity index (χ0v) is 19.8. The van der Waals surface area contributed by atoms with E-state index in [1.54, 1.807) is 40.4 Å². The SMILES string of the molecule is COc1ccc(-c2cc(=O)[nH]c(SC(C)C(=O)NCCc3ccc(OC)c(OC)c3)n2)cc1. The maximum Gasteiger partial charge on any atom is 0.252 e. The Morgan fingerprint density at radius 2 is 1.76 bits per heavy atom. The fourth-order valence-electron chi connectivity index (χ4n) is 3.13. The number of methoxy groups -OCH3 is 3. The van der Waals surface area contributed by atoms with E-state index in [4.69, 9.17) is 14.2 Å². The van der Waals surface area contributed by atoms with Crippen LogP contribution >= 0.6 is 11.8 Å². The number of hydrogen-bond acceptors (Lipinski definition) is 7. The molecule has 0 spiro atoms. The average Bonchev–Trinajstić information content (AvgIpc) is 2.83. The maximum absolute atomic E-state index is 12.6. The third-order valence-electron chi connectivity index (χ3n) is 4.92. The molecule has 33 heavy (non-hydrogen) atoms. The summed E-state index contributed by atoms with van der Waals surface area (Å²) < 4.78 is 15.7. The Bertz CT molecular complexity index is 1150. The molecule has 0 saturated heterocycles. The van der Waals surface area contributed by atoms with Gasteiger partial charge in [0, 0.05) is 18.2 Å². The van der Waals surface area contributed by atoms with Crippen molar-refractivity contribution >= 4 is 17.7 Å². The second kappa shape index (κ2) is 11.4. The number of thioether (sulfide) groups is 1. The Labute approximate surface area is 196 Å². The number of aromatic nitrogens is 2. The van der Waals surface area contributed by atoms with E-state index < -0.39 is 5.25 Å². The number of amides is 1. The predicted molar refractivity (Wildman–Crippen MR) is 128 cm³/mol. The molecule has 0 aliphatic carbocycles. The molecule has 0 aliphatic rings. The fraction of sp³-hybridized carbons (Fsp3) is 0.292.